The van der Waals surface area contributed by atoms with E-state index in [-0.39, 0.29) is 6.61 Å². The molecular formula is C16H18BrN3O. The Hall–Kier alpha value is -1.46. The summed E-state index contributed by atoms with van der Waals surface area (Å²) in [7, 11) is 0. The van der Waals surface area contributed by atoms with E-state index in [1.54, 1.807) is 0 Å². The van der Waals surface area contributed by atoms with Crippen molar-refractivity contribution >= 4 is 21.7 Å². The number of halogens is 1. The summed E-state index contributed by atoms with van der Waals surface area (Å²) in [5.41, 5.74) is 1.20. The molecule has 0 spiro atoms. The molecule has 1 fully saturated rings. The van der Waals surface area contributed by atoms with Gasteiger partial charge >= 0.3 is 0 Å². The maximum Gasteiger partial charge on any atom is 0.135 e. The topological polar surface area (TPSA) is 49.2 Å². The lowest BCUT2D eigenvalue weighted by molar-refractivity contribution is 0.301. The average Bonchev–Trinajstić information content (AvgIpc) is 3.32. The summed E-state index contributed by atoms with van der Waals surface area (Å²) in [6, 6.07) is 12.2. The summed E-state index contributed by atoms with van der Waals surface area (Å²) in [5, 5.41) is 9.34. The molecule has 21 heavy (non-hydrogen) atoms. The Balaban J connectivity index is 1.86. The quantitative estimate of drug-likeness (QED) is 0.815. The van der Waals surface area contributed by atoms with Gasteiger partial charge in [0.1, 0.15) is 16.2 Å². The van der Waals surface area contributed by atoms with E-state index in [4.69, 9.17) is 0 Å². The molecule has 0 radical (unpaired) electrons. The van der Waals surface area contributed by atoms with Crippen molar-refractivity contribution in [2.75, 3.05) is 18.1 Å². The summed E-state index contributed by atoms with van der Waals surface area (Å²) in [4.78, 5) is 11.2. The van der Waals surface area contributed by atoms with Crippen LogP contribution in [0, 0.1) is 0 Å². The minimum Gasteiger partial charge on any atom is -0.395 e. The predicted octanol–water partition coefficient (Wildman–Crippen LogP) is 3.12. The lowest BCUT2D eigenvalue weighted by Gasteiger charge is -2.23. The third-order valence-corrected chi connectivity index (χ3v) is 3.96. The van der Waals surface area contributed by atoms with Crippen molar-refractivity contribution in [3.05, 3.63) is 52.4 Å². The Morgan fingerprint density at radius 2 is 1.95 bits per heavy atom. The zero-order valence-electron chi connectivity index (χ0n) is 11.7. The highest BCUT2D eigenvalue weighted by Gasteiger charge is 2.27. The van der Waals surface area contributed by atoms with Gasteiger partial charge < -0.3 is 10.0 Å². The number of aromatic nitrogens is 2. The molecule has 2 aromatic rings. The highest BCUT2D eigenvalue weighted by Crippen LogP contribution is 2.39. The van der Waals surface area contributed by atoms with Crippen LogP contribution in [-0.2, 0) is 6.54 Å². The first kappa shape index (κ1) is 14.5. The number of hydrogen-bond donors (Lipinski definition) is 1. The van der Waals surface area contributed by atoms with Crippen LogP contribution in [0.25, 0.3) is 0 Å². The largest absolute Gasteiger partial charge is 0.395 e. The van der Waals surface area contributed by atoms with Gasteiger partial charge in [-0.2, -0.15) is 0 Å². The third-order valence-electron chi connectivity index (χ3n) is 3.55. The van der Waals surface area contributed by atoms with E-state index in [9.17, 15) is 5.11 Å². The molecule has 1 saturated carbocycles. The Labute approximate surface area is 133 Å². The second kappa shape index (κ2) is 6.54. The Bertz CT molecular complexity index is 602. The first-order valence-electron chi connectivity index (χ1n) is 7.20. The summed E-state index contributed by atoms with van der Waals surface area (Å²) < 4.78 is 0.811. The maximum absolute atomic E-state index is 9.34. The van der Waals surface area contributed by atoms with Crippen molar-refractivity contribution in [3.63, 3.8) is 0 Å². The molecule has 0 amide bonds. The average molecular weight is 348 g/mol. The van der Waals surface area contributed by atoms with E-state index in [0.29, 0.717) is 12.5 Å². The van der Waals surface area contributed by atoms with Crippen LogP contribution in [0.5, 0.6) is 0 Å². The van der Waals surface area contributed by atoms with E-state index >= 15 is 0 Å². The fourth-order valence-corrected chi connectivity index (χ4v) is 2.69. The first-order valence-corrected chi connectivity index (χ1v) is 8.00. The Morgan fingerprint density at radius 3 is 2.62 bits per heavy atom. The molecule has 1 aliphatic rings. The second-order valence-corrected chi connectivity index (χ2v) is 6.12. The summed E-state index contributed by atoms with van der Waals surface area (Å²) in [6.07, 6.45) is 2.35. The highest BCUT2D eigenvalue weighted by molar-refractivity contribution is 9.10. The molecule has 0 unspecified atom stereocenters. The van der Waals surface area contributed by atoms with E-state index in [0.717, 1.165) is 22.8 Å². The monoisotopic (exact) mass is 347 g/mol. The van der Waals surface area contributed by atoms with Crippen molar-refractivity contribution in [2.24, 2.45) is 0 Å². The van der Waals surface area contributed by atoms with Gasteiger partial charge in [-0.25, -0.2) is 9.97 Å². The van der Waals surface area contributed by atoms with Crippen LogP contribution in [0.1, 0.15) is 30.1 Å². The summed E-state index contributed by atoms with van der Waals surface area (Å²) >= 11 is 3.47. The predicted molar refractivity (Wildman–Crippen MR) is 86.3 cm³/mol. The van der Waals surface area contributed by atoms with Crippen LogP contribution in [-0.4, -0.2) is 28.2 Å². The van der Waals surface area contributed by atoms with Crippen molar-refractivity contribution < 1.29 is 5.11 Å². The zero-order valence-corrected chi connectivity index (χ0v) is 13.3. The Morgan fingerprint density at radius 1 is 1.19 bits per heavy atom. The van der Waals surface area contributed by atoms with Crippen LogP contribution in [0.2, 0.25) is 0 Å². The highest BCUT2D eigenvalue weighted by atomic mass is 79.9. The number of aliphatic hydroxyl groups excluding tert-OH is 1. The molecule has 0 aliphatic heterocycles. The standard InChI is InChI=1S/C16H18BrN3O/c17-14-10-15(19-16(18-14)13-6-7-13)20(8-9-21)11-12-4-2-1-3-5-12/h1-5,10,13,21H,6-9,11H2. The van der Waals surface area contributed by atoms with Crippen LogP contribution >= 0.6 is 15.9 Å². The number of benzene rings is 1. The van der Waals surface area contributed by atoms with Crippen molar-refractivity contribution in [2.45, 2.75) is 25.3 Å². The molecular weight excluding hydrogens is 330 g/mol. The fourth-order valence-electron chi connectivity index (χ4n) is 2.31. The van der Waals surface area contributed by atoms with E-state index < -0.39 is 0 Å². The molecule has 0 saturated heterocycles. The fraction of sp³-hybridized carbons (Fsp3) is 0.375. The number of aliphatic hydroxyl groups is 1. The Kier molecular flexibility index (Phi) is 4.51. The molecule has 1 aromatic heterocycles. The van der Waals surface area contributed by atoms with Crippen LogP contribution in [0.15, 0.2) is 41.0 Å². The van der Waals surface area contributed by atoms with Gasteiger partial charge in [-0.15, -0.1) is 0 Å². The lowest BCUT2D eigenvalue weighted by Crippen LogP contribution is -2.27. The van der Waals surface area contributed by atoms with Crippen LogP contribution in [0.4, 0.5) is 5.82 Å². The van der Waals surface area contributed by atoms with Gasteiger partial charge in [-0.1, -0.05) is 30.3 Å². The van der Waals surface area contributed by atoms with Gasteiger partial charge in [0.15, 0.2) is 0 Å². The molecule has 4 nitrogen and oxygen atoms in total. The minimum absolute atomic E-state index is 0.104. The molecule has 1 heterocycles. The molecule has 110 valence electrons. The van der Waals surface area contributed by atoms with Gasteiger partial charge in [-0.3, -0.25) is 0 Å². The summed E-state index contributed by atoms with van der Waals surface area (Å²) in [5.74, 6) is 2.29. The van der Waals surface area contributed by atoms with Gasteiger partial charge in [0, 0.05) is 25.1 Å². The van der Waals surface area contributed by atoms with Crippen LogP contribution in [0.3, 0.4) is 0 Å². The van der Waals surface area contributed by atoms with E-state index in [1.165, 1.54) is 18.4 Å². The SMILES string of the molecule is OCCN(Cc1ccccc1)c1cc(Br)nc(C2CC2)n1. The molecule has 5 heteroatoms. The van der Waals surface area contributed by atoms with Crippen molar-refractivity contribution in [1.29, 1.82) is 0 Å². The number of hydrogen-bond acceptors (Lipinski definition) is 4. The number of anilines is 1. The normalized spacial score (nSPS) is 14.2. The lowest BCUT2D eigenvalue weighted by atomic mass is 10.2. The zero-order chi connectivity index (χ0) is 14.7. The molecule has 3 rings (SSSR count). The van der Waals surface area contributed by atoms with Gasteiger partial charge in [0.05, 0.1) is 6.61 Å². The molecule has 1 N–H and O–H groups in total. The van der Waals surface area contributed by atoms with E-state index in [2.05, 4.69) is 42.9 Å². The van der Waals surface area contributed by atoms with Gasteiger partial charge in [-0.05, 0) is 34.3 Å². The summed E-state index contributed by atoms with van der Waals surface area (Å²) in [6.45, 7) is 1.39. The van der Waals surface area contributed by atoms with Crippen molar-refractivity contribution in [1.82, 2.24) is 9.97 Å². The molecule has 0 atom stereocenters. The molecule has 1 aromatic carbocycles. The minimum atomic E-state index is 0.104. The molecule has 0 bridgehead atoms. The van der Waals surface area contributed by atoms with Gasteiger partial charge in [0.25, 0.3) is 0 Å². The second-order valence-electron chi connectivity index (χ2n) is 5.31. The number of nitrogens with zero attached hydrogens (tertiary/aromatic N) is 3. The van der Waals surface area contributed by atoms with Crippen molar-refractivity contribution in [3.8, 4) is 0 Å². The maximum atomic E-state index is 9.34. The smallest absolute Gasteiger partial charge is 0.135 e. The third kappa shape index (κ3) is 3.80. The van der Waals surface area contributed by atoms with Gasteiger partial charge in [0.2, 0.25) is 0 Å². The van der Waals surface area contributed by atoms with E-state index in [1.807, 2.05) is 24.3 Å². The van der Waals surface area contributed by atoms with Crippen LogP contribution < -0.4 is 4.90 Å². The first-order chi connectivity index (χ1) is 10.3. The molecule has 1 aliphatic carbocycles. The number of rotatable bonds is 6.